The molecule has 2 aliphatic rings. The molecule has 3 rings (SSSR count). The van der Waals surface area contributed by atoms with E-state index in [4.69, 9.17) is 4.98 Å². The first-order valence-corrected chi connectivity index (χ1v) is 7.71. The minimum Gasteiger partial charge on any atom is -0.354 e. The predicted octanol–water partition coefficient (Wildman–Crippen LogP) is 0.254. The van der Waals surface area contributed by atoms with Gasteiger partial charge >= 0.3 is 0 Å². The van der Waals surface area contributed by atoms with E-state index in [2.05, 4.69) is 20.5 Å². The maximum Gasteiger partial charge on any atom is 0.189 e. The van der Waals surface area contributed by atoms with E-state index in [9.17, 15) is 0 Å². The predicted molar refractivity (Wildman–Crippen MR) is 74.3 cm³/mol. The first-order valence-electron chi connectivity index (χ1n) is 6.48. The molecule has 1 aromatic rings. The first-order chi connectivity index (χ1) is 8.88. The van der Waals surface area contributed by atoms with Gasteiger partial charge < -0.3 is 15.5 Å². The fourth-order valence-corrected chi connectivity index (χ4v) is 2.93. The van der Waals surface area contributed by atoms with E-state index in [0.717, 1.165) is 50.8 Å². The van der Waals surface area contributed by atoms with Crippen molar-refractivity contribution in [1.29, 1.82) is 0 Å². The number of thioether (sulfide) groups is 1. The molecule has 98 valence electrons. The minimum atomic E-state index is 0.879. The van der Waals surface area contributed by atoms with Crippen LogP contribution in [0.4, 0.5) is 5.82 Å². The molecular formula is C12H19N5S. The first kappa shape index (κ1) is 12.2. The topological polar surface area (TPSA) is 53.1 Å². The van der Waals surface area contributed by atoms with Crippen LogP contribution in [-0.4, -0.2) is 48.9 Å². The van der Waals surface area contributed by atoms with Crippen LogP contribution in [0.15, 0.2) is 5.16 Å². The zero-order valence-electron chi connectivity index (χ0n) is 10.7. The minimum absolute atomic E-state index is 0.879. The van der Waals surface area contributed by atoms with Crippen molar-refractivity contribution in [3.05, 3.63) is 11.3 Å². The number of nitrogens with one attached hydrogen (secondary N) is 2. The van der Waals surface area contributed by atoms with Gasteiger partial charge in [0.1, 0.15) is 5.82 Å². The standard InChI is InChI=1S/C12H19N5S/c1-18-12-15-10-8-14-3-2-9(10)11(16-12)17-6-4-13-5-7-17/h13-14H,2-8H2,1H3. The summed E-state index contributed by atoms with van der Waals surface area (Å²) in [7, 11) is 0. The number of hydrogen-bond donors (Lipinski definition) is 2. The normalized spacial score (nSPS) is 19.7. The molecule has 1 fully saturated rings. The SMILES string of the molecule is CSc1nc2c(c(N3CCNCC3)n1)CCNC2. The van der Waals surface area contributed by atoms with Crippen LogP contribution in [0.1, 0.15) is 11.3 Å². The van der Waals surface area contributed by atoms with E-state index in [1.165, 1.54) is 17.1 Å². The van der Waals surface area contributed by atoms with Gasteiger partial charge in [-0.05, 0) is 19.2 Å². The summed E-state index contributed by atoms with van der Waals surface area (Å²) in [6.45, 7) is 6.10. The van der Waals surface area contributed by atoms with Crippen molar-refractivity contribution in [3.8, 4) is 0 Å². The second kappa shape index (κ2) is 5.42. The molecule has 1 aromatic heterocycles. The Hall–Kier alpha value is -0.850. The largest absolute Gasteiger partial charge is 0.354 e. The van der Waals surface area contributed by atoms with E-state index in [0.29, 0.717) is 0 Å². The highest BCUT2D eigenvalue weighted by Gasteiger charge is 2.22. The maximum atomic E-state index is 4.75. The Kier molecular flexibility index (Phi) is 3.67. The van der Waals surface area contributed by atoms with Gasteiger partial charge in [-0.2, -0.15) is 0 Å². The van der Waals surface area contributed by atoms with Crippen molar-refractivity contribution in [3.63, 3.8) is 0 Å². The van der Waals surface area contributed by atoms with Gasteiger partial charge in [-0.25, -0.2) is 9.97 Å². The van der Waals surface area contributed by atoms with E-state index < -0.39 is 0 Å². The molecule has 0 saturated carbocycles. The number of nitrogens with zero attached hydrogens (tertiary/aromatic N) is 3. The van der Waals surface area contributed by atoms with Gasteiger partial charge in [-0.15, -0.1) is 0 Å². The van der Waals surface area contributed by atoms with Crippen LogP contribution in [0.25, 0.3) is 0 Å². The highest BCUT2D eigenvalue weighted by atomic mass is 32.2. The van der Waals surface area contributed by atoms with Crippen LogP contribution in [-0.2, 0) is 13.0 Å². The van der Waals surface area contributed by atoms with Crippen LogP contribution >= 0.6 is 11.8 Å². The molecule has 0 spiro atoms. The summed E-state index contributed by atoms with van der Waals surface area (Å²) in [5, 5.41) is 7.68. The fraction of sp³-hybridized carbons (Fsp3) is 0.667. The van der Waals surface area contributed by atoms with E-state index in [-0.39, 0.29) is 0 Å². The quantitative estimate of drug-likeness (QED) is 0.591. The molecule has 1 saturated heterocycles. The van der Waals surface area contributed by atoms with Crippen molar-refractivity contribution in [1.82, 2.24) is 20.6 Å². The number of anilines is 1. The molecule has 0 radical (unpaired) electrons. The average Bonchev–Trinajstić information content (AvgIpc) is 2.47. The molecule has 5 nitrogen and oxygen atoms in total. The average molecular weight is 265 g/mol. The lowest BCUT2D eigenvalue weighted by atomic mass is 10.1. The van der Waals surface area contributed by atoms with E-state index in [1.54, 1.807) is 11.8 Å². The van der Waals surface area contributed by atoms with Crippen LogP contribution < -0.4 is 15.5 Å². The van der Waals surface area contributed by atoms with Crippen LogP contribution in [0.5, 0.6) is 0 Å². The van der Waals surface area contributed by atoms with Crippen molar-refractivity contribution in [2.24, 2.45) is 0 Å². The number of fused-ring (bicyclic) bond motifs is 1. The zero-order chi connectivity index (χ0) is 12.4. The van der Waals surface area contributed by atoms with Crippen LogP contribution in [0, 0.1) is 0 Å². The van der Waals surface area contributed by atoms with Gasteiger partial charge in [-0.3, -0.25) is 0 Å². The van der Waals surface area contributed by atoms with Gasteiger partial charge in [0.25, 0.3) is 0 Å². The molecule has 0 amide bonds. The number of aromatic nitrogens is 2. The Bertz CT molecular complexity index is 431. The molecule has 6 heteroatoms. The summed E-state index contributed by atoms with van der Waals surface area (Å²) in [5.74, 6) is 1.17. The monoisotopic (exact) mass is 265 g/mol. The third kappa shape index (κ3) is 2.32. The lowest BCUT2D eigenvalue weighted by molar-refractivity contribution is 0.567. The molecule has 0 atom stereocenters. The second-order valence-corrected chi connectivity index (χ2v) is 5.40. The Labute approximate surface area is 112 Å². The Balaban J connectivity index is 1.99. The van der Waals surface area contributed by atoms with Crippen LogP contribution in [0.3, 0.4) is 0 Å². The Morgan fingerprint density at radius 1 is 1.11 bits per heavy atom. The van der Waals surface area contributed by atoms with Gasteiger partial charge in [0, 0.05) is 38.3 Å². The van der Waals surface area contributed by atoms with Gasteiger partial charge in [0.05, 0.1) is 5.69 Å². The lowest BCUT2D eigenvalue weighted by Crippen LogP contribution is -2.45. The number of hydrogen-bond acceptors (Lipinski definition) is 6. The van der Waals surface area contributed by atoms with E-state index >= 15 is 0 Å². The zero-order valence-corrected chi connectivity index (χ0v) is 11.5. The molecule has 0 aliphatic carbocycles. The summed E-state index contributed by atoms with van der Waals surface area (Å²) in [5.41, 5.74) is 2.54. The lowest BCUT2D eigenvalue weighted by Gasteiger charge is -2.32. The smallest absolute Gasteiger partial charge is 0.189 e. The molecule has 2 N–H and O–H groups in total. The van der Waals surface area contributed by atoms with Gasteiger partial charge in [0.2, 0.25) is 0 Å². The molecule has 18 heavy (non-hydrogen) atoms. The van der Waals surface area contributed by atoms with Crippen molar-refractivity contribution >= 4 is 17.6 Å². The van der Waals surface area contributed by atoms with Gasteiger partial charge in [-0.1, -0.05) is 11.8 Å². The summed E-state index contributed by atoms with van der Waals surface area (Å²) in [6.07, 6.45) is 3.09. The highest BCUT2D eigenvalue weighted by Crippen LogP contribution is 2.26. The third-order valence-corrected chi connectivity index (χ3v) is 4.04. The molecule has 0 unspecified atom stereocenters. The van der Waals surface area contributed by atoms with Crippen LogP contribution in [0.2, 0.25) is 0 Å². The highest BCUT2D eigenvalue weighted by molar-refractivity contribution is 7.98. The molecule has 0 bridgehead atoms. The number of rotatable bonds is 2. The molecule has 0 aromatic carbocycles. The molecule has 2 aliphatic heterocycles. The van der Waals surface area contributed by atoms with Crippen molar-refractivity contribution in [2.75, 3.05) is 43.9 Å². The summed E-state index contributed by atoms with van der Waals surface area (Å²) in [6, 6.07) is 0. The van der Waals surface area contributed by atoms with Crippen molar-refractivity contribution in [2.45, 2.75) is 18.1 Å². The Morgan fingerprint density at radius 2 is 1.94 bits per heavy atom. The molecular weight excluding hydrogens is 246 g/mol. The van der Waals surface area contributed by atoms with Crippen molar-refractivity contribution < 1.29 is 0 Å². The fourth-order valence-electron chi connectivity index (χ4n) is 2.55. The summed E-state index contributed by atoms with van der Waals surface area (Å²) < 4.78 is 0. The van der Waals surface area contributed by atoms with E-state index in [1.807, 2.05) is 6.26 Å². The van der Waals surface area contributed by atoms with Gasteiger partial charge in [0.15, 0.2) is 5.16 Å². The summed E-state index contributed by atoms with van der Waals surface area (Å²) >= 11 is 1.63. The summed E-state index contributed by atoms with van der Waals surface area (Å²) in [4.78, 5) is 11.8. The third-order valence-electron chi connectivity index (χ3n) is 3.49. The number of piperazine rings is 1. The Morgan fingerprint density at radius 3 is 2.72 bits per heavy atom. The maximum absolute atomic E-state index is 4.75. The second-order valence-electron chi connectivity index (χ2n) is 4.62. The molecule has 3 heterocycles.